The Morgan fingerprint density at radius 1 is 1.10 bits per heavy atom. The van der Waals surface area contributed by atoms with E-state index in [1.807, 2.05) is 0 Å². The summed E-state index contributed by atoms with van der Waals surface area (Å²) in [6.07, 6.45) is 6.48. The molecule has 1 atom stereocenters. The number of tetrazole rings is 1. The first-order chi connectivity index (χ1) is 19.5. The SMILES string of the molecule is COc1ccc(-c2nnn(CC(=O)N(Cc3ccc(F)cc3)[C@@H](C(=O)NC3CCCCC3)c3ccco3)n2)cc1. The van der Waals surface area contributed by atoms with E-state index in [2.05, 4.69) is 20.7 Å². The van der Waals surface area contributed by atoms with Crippen LogP contribution in [0.15, 0.2) is 71.3 Å². The molecule has 2 heterocycles. The zero-order chi connectivity index (χ0) is 27.9. The van der Waals surface area contributed by atoms with Crippen LogP contribution in [0.5, 0.6) is 5.75 Å². The second kappa shape index (κ2) is 12.5. The predicted molar refractivity (Wildman–Crippen MR) is 143 cm³/mol. The average Bonchev–Trinajstić information content (AvgIpc) is 3.67. The molecule has 1 fully saturated rings. The maximum absolute atomic E-state index is 13.8. The van der Waals surface area contributed by atoms with Gasteiger partial charge in [0.15, 0.2) is 6.04 Å². The Hall–Kier alpha value is -4.54. The largest absolute Gasteiger partial charge is 0.497 e. The summed E-state index contributed by atoms with van der Waals surface area (Å²) in [5.41, 5.74) is 1.37. The van der Waals surface area contributed by atoms with E-state index in [4.69, 9.17) is 9.15 Å². The van der Waals surface area contributed by atoms with Crippen molar-refractivity contribution in [2.24, 2.45) is 0 Å². The van der Waals surface area contributed by atoms with Gasteiger partial charge in [0, 0.05) is 18.2 Å². The number of rotatable bonds is 10. The number of methoxy groups -OCH3 is 1. The fourth-order valence-corrected chi connectivity index (χ4v) is 4.89. The van der Waals surface area contributed by atoms with Crippen molar-refractivity contribution in [1.29, 1.82) is 0 Å². The fourth-order valence-electron chi connectivity index (χ4n) is 4.89. The van der Waals surface area contributed by atoms with Crippen molar-refractivity contribution >= 4 is 11.8 Å². The van der Waals surface area contributed by atoms with Gasteiger partial charge in [-0.05, 0) is 72.1 Å². The number of amides is 2. The minimum Gasteiger partial charge on any atom is -0.497 e. The van der Waals surface area contributed by atoms with Crippen LogP contribution in [-0.2, 0) is 22.7 Å². The Balaban J connectivity index is 1.41. The zero-order valence-electron chi connectivity index (χ0n) is 22.2. The van der Waals surface area contributed by atoms with Crippen LogP contribution in [0.1, 0.15) is 49.5 Å². The summed E-state index contributed by atoms with van der Waals surface area (Å²) >= 11 is 0. The summed E-state index contributed by atoms with van der Waals surface area (Å²) in [5.74, 6) is 0.216. The molecule has 4 aromatic rings. The first-order valence-corrected chi connectivity index (χ1v) is 13.3. The minimum absolute atomic E-state index is 0.0329. The third kappa shape index (κ3) is 6.53. The highest BCUT2D eigenvalue weighted by Gasteiger charge is 2.35. The lowest BCUT2D eigenvalue weighted by molar-refractivity contribution is -0.143. The van der Waals surface area contributed by atoms with Crippen molar-refractivity contribution < 1.29 is 23.1 Å². The maximum Gasteiger partial charge on any atom is 0.250 e. The van der Waals surface area contributed by atoms with Crippen LogP contribution >= 0.6 is 0 Å². The van der Waals surface area contributed by atoms with Crippen LogP contribution < -0.4 is 10.1 Å². The molecular weight excluding hydrogens is 515 g/mol. The van der Waals surface area contributed by atoms with Crippen molar-refractivity contribution in [3.63, 3.8) is 0 Å². The van der Waals surface area contributed by atoms with E-state index in [1.54, 1.807) is 55.6 Å². The number of aromatic nitrogens is 4. The molecule has 1 saturated carbocycles. The second-order valence-electron chi connectivity index (χ2n) is 9.78. The van der Waals surface area contributed by atoms with E-state index in [9.17, 15) is 14.0 Å². The van der Waals surface area contributed by atoms with Gasteiger partial charge >= 0.3 is 0 Å². The fraction of sp³-hybridized carbons (Fsp3) is 0.345. The molecule has 11 heteroatoms. The van der Waals surface area contributed by atoms with Crippen molar-refractivity contribution in [2.75, 3.05) is 7.11 Å². The standard InChI is InChI=1S/C29H31FN6O4/c1-39-24-15-11-21(12-16-24)28-32-34-36(33-28)19-26(37)35(18-20-9-13-22(30)14-10-20)27(25-8-5-17-40-25)29(38)31-23-6-3-2-4-7-23/h5,8-17,23,27H,2-4,6-7,18-19H2,1H3,(H,31,38)/t27-/m1/s1. The molecule has 0 saturated heterocycles. The van der Waals surface area contributed by atoms with Crippen LogP contribution in [0.3, 0.4) is 0 Å². The average molecular weight is 547 g/mol. The zero-order valence-corrected chi connectivity index (χ0v) is 22.2. The van der Waals surface area contributed by atoms with Crippen LogP contribution in [0.25, 0.3) is 11.4 Å². The highest BCUT2D eigenvalue weighted by Crippen LogP contribution is 2.27. The molecule has 0 unspecified atom stereocenters. The predicted octanol–water partition coefficient (Wildman–Crippen LogP) is 4.30. The number of ether oxygens (including phenoxy) is 1. The molecule has 1 N–H and O–H groups in total. The van der Waals surface area contributed by atoms with E-state index in [0.29, 0.717) is 28.5 Å². The molecule has 10 nitrogen and oxygen atoms in total. The molecule has 0 bridgehead atoms. The van der Waals surface area contributed by atoms with E-state index < -0.39 is 17.8 Å². The van der Waals surface area contributed by atoms with Gasteiger partial charge in [0.05, 0.1) is 13.4 Å². The third-order valence-electron chi connectivity index (χ3n) is 6.99. The molecule has 208 valence electrons. The normalized spacial score (nSPS) is 14.4. The van der Waals surface area contributed by atoms with E-state index in [0.717, 1.165) is 32.1 Å². The van der Waals surface area contributed by atoms with E-state index in [-0.39, 0.29) is 25.0 Å². The minimum atomic E-state index is -1.04. The number of halogens is 1. The lowest BCUT2D eigenvalue weighted by Gasteiger charge is -2.32. The Labute approximate surface area is 231 Å². The quantitative estimate of drug-likeness (QED) is 0.315. The summed E-state index contributed by atoms with van der Waals surface area (Å²) in [6, 6.07) is 15.3. The molecule has 5 rings (SSSR count). The van der Waals surface area contributed by atoms with Crippen molar-refractivity contribution in [3.8, 4) is 17.1 Å². The van der Waals surface area contributed by atoms with Crippen LogP contribution in [0.2, 0.25) is 0 Å². The highest BCUT2D eigenvalue weighted by atomic mass is 19.1. The molecule has 40 heavy (non-hydrogen) atoms. The van der Waals surface area contributed by atoms with Gasteiger partial charge in [0.2, 0.25) is 11.7 Å². The topological polar surface area (TPSA) is 115 Å². The van der Waals surface area contributed by atoms with Crippen LogP contribution in [-0.4, -0.2) is 50.1 Å². The van der Waals surface area contributed by atoms with Gasteiger partial charge in [-0.2, -0.15) is 4.80 Å². The third-order valence-corrected chi connectivity index (χ3v) is 6.99. The Bertz CT molecular complexity index is 1400. The van der Waals surface area contributed by atoms with Crippen LogP contribution in [0.4, 0.5) is 4.39 Å². The Morgan fingerprint density at radius 2 is 1.85 bits per heavy atom. The summed E-state index contributed by atoms with van der Waals surface area (Å²) < 4.78 is 24.5. The Kier molecular flexibility index (Phi) is 8.48. The lowest BCUT2D eigenvalue weighted by Crippen LogP contribution is -2.47. The molecule has 2 amide bonds. The number of nitrogens with zero attached hydrogens (tertiary/aromatic N) is 5. The maximum atomic E-state index is 13.8. The highest BCUT2D eigenvalue weighted by molar-refractivity contribution is 5.88. The van der Waals surface area contributed by atoms with Gasteiger partial charge in [0.25, 0.3) is 5.91 Å². The summed E-state index contributed by atoms with van der Waals surface area (Å²) in [4.78, 5) is 30.1. The molecule has 1 aliphatic rings. The lowest BCUT2D eigenvalue weighted by atomic mass is 9.95. The summed E-state index contributed by atoms with van der Waals surface area (Å²) in [7, 11) is 1.58. The summed E-state index contributed by atoms with van der Waals surface area (Å²) in [5, 5.41) is 15.6. The second-order valence-corrected chi connectivity index (χ2v) is 9.78. The Morgan fingerprint density at radius 3 is 2.52 bits per heavy atom. The van der Waals surface area contributed by atoms with Gasteiger partial charge in [0.1, 0.15) is 23.9 Å². The number of hydrogen-bond donors (Lipinski definition) is 1. The van der Waals surface area contributed by atoms with Gasteiger partial charge in [-0.1, -0.05) is 31.4 Å². The smallest absolute Gasteiger partial charge is 0.250 e. The molecule has 2 aromatic heterocycles. The molecule has 0 aliphatic heterocycles. The number of furan rings is 1. The van der Waals surface area contributed by atoms with E-state index >= 15 is 0 Å². The van der Waals surface area contributed by atoms with Gasteiger partial charge in [-0.3, -0.25) is 9.59 Å². The van der Waals surface area contributed by atoms with E-state index in [1.165, 1.54) is 28.1 Å². The molecule has 2 aromatic carbocycles. The van der Waals surface area contributed by atoms with Gasteiger partial charge in [-0.15, -0.1) is 10.2 Å². The van der Waals surface area contributed by atoms with Gasteiger partial charge < -0.3 is 19.4 Å². The number of carbonyl (C=O) groups excluding carboxylic acids is 2. The first kappa shape index (κ1) is 27.0. The van der Waals surface area contributed by atoms with Crippen molar-refractivity contribution in [1.82, 2.24) is 30.4 Å². The van der Waals surface area contributed by atoms with Gasteiger partial charge in [-0.25, -0.2) is 4.39 Å². The summed E-state index contributed by atoms with van der Waals surface area (Å²) in [6.45, 7) is -0.221. The first-order valence-electron chi connectivity index (χ1n) is 13.3. The molecule has 0 spiro atoms. The molecular formula is C29H31FN6O4. The van der Waals surface area contributed by atoms with Crippen molar-refractivity contribution in [2.45, 2.75) is 57.3 Å². The number of hydrogen-bond acceptors (Lipinski definition) is 7. The molecule has 0 radical (unpaired) electrons. The van der Waals surface area contributed by atoms with Crippen LogP contribution in [0, 0.1) is 5.82 Å². The monoisotopic (exact) mass is 546 g/mol. The number of benzene rings is 2. The molecule has 1 aliphatic carbocycles. The number of nitrogens with one attached hydrogen (secondary N) is 1. The van der Waals surface area contributed by atoms with Crippen molar-refractivity contribution in [3.05, 3.63) is 84.1 Å². The number of carbonyl (C=O) groups is 2.